The number of esters is 1. The Morgan fingerprint density at radius 1 is 1.27 bits per heavy atom. The first-order chi connectivity index (χ1) is 10.6. The van der Waals surface area contributed by atoms with Crippen molar-refractivity contribution in [3.05, 3.63) is 41.7 Å². The number of carbonyl (C=O) groups is 2. The fourth-order valence-corrected chi connectivity index (χ4v) is 2.20. The first-order valence-corrected chi connectivity index (χ1v) is 6.89. The summed E-state index contributed by atoms with van der Waals surface area (Å²) in [5.74, 6) is -0.727. The first kappa shape index (κ1) is 14.2. The van der Waals surface area contributed by atoms with E-state index in [4.69, 9.17) is 4.74 Å². The number of hydrogen-bond donors (Lipinski definition) is 1. The predicted octanol–water partition coefficient (Wildman–Crippen LogP) is 1.06. The van der Waals surface area contributed by atoms with Crippen LogP contribution >= 0.6 is 0 Å². The van der Waals surface area contributed by atoms with Crippen molar-refractivity contribution in [3.63, 3.8) is 0 Å². The summed E-state index contributed by atoms with van der Waals surface area (Å²) in [5, 5.41) is 9.30. The number of nitrogens with one attached hydrogen (secondary N) is 1. The molecule has 1 N–H and O–H groups in total. The maximum atomic E-state index is 12.3. The van der Waals surface area contributed by atoms with Crippen LogP contribution in [0.4, 0.5) is 4.79 Å². The van der Waals surface area contributed by atoms with Gasteiger partial charge >= 0.3 is 12.1 Å². The van der Waals surface area contributed by atoms with Crippen LogP contribution in [0, 0.1) is 6.92 Å². The summed E-state index contributed by atoms with van der Waals surface area (Å²) in [6.07, 6.45) is 3.14. The molecule has 0 radical (unpaired) electrons. The molecule has 2 aromatic rings. The second-order valence-corrected chi connectivity index (χ2v) is 4.91. The Labute approximate surface area is 126 Å². The molecule has 1 saturated heterocycles. The Balaban J connectivity index is 1.85. The van der Waals surface area contributed by atoms with Crippen LogP contribution < -0.4 is 5.43 Å². The Morgan fingerprint density at radius 2 is 2.05 bits per heavy atom. The molecule has 0 saturated carbocycles. The quantitative estimate of drug-likeness (QED) is 0.659. The number of hydrazine groups is 1. The Morgan fingerprint density at radius 3 is 2.73 bits per heavy atom. The van der Waals surface area contributed by atoms with E-state index >= 15 is 0 Å². The van der Waals surface area contributed by atoms with Gasteiger partial charge in [-0.05, 0) is 25.5 Å². The fourth-order valence-electron chi connectivity index (χ4n) is 2.20. The molecular formula is C14H15N5O3. The number of hydrogen-bond acceptors (Lipinski definition) is 6. The number of ether oxygens (including phenoxy) is 1. The predicted molar refractivity (Wildman–Crippen MR) is 76.2 cm³/mol. The molecule has 1 aliphatic rings. The van der Waals surface area contributed by atoms with Crippen molar-refractivity contribution >= 4 is 12.1 Å². The van der Waals surface area contributed by atoms with Gasteiger partial charge in [0.25, 0.3) is 0 Å². The van der Waals surface area contributed by atoms with E-state index in [2.05, 4.69) is 15.6 Å². The van der Waals surface area contributed by atoms with Crippen molar-refractivity contribution in [2.75, 3.05) is 13.1 Å². The zero-order chi connectivity index (χ0) is 15.5. The van der Waals surface area contributed by atoms with Crippen molar-refractivity contribution in [2.45, 2.75) is 13.3 Å². The van der Waals surface area contributed by atoms with E-state index in [0.717, 1.165) is 12.0 Å². The van der Waals surface area contributed by atoms with E-state index in [9.17, 15) is 9.59 Å². The van der Waals surface area contributed by atoms with Crippen LogP contribution in [0.25, 0.3) is 5.69 Å². The highest BCUT2D eigenvalue weighted by Crippen LogP contribution is 2.17. The topological polar surface area (TPSA) is 89.4 Å². The highest BCUT2D eigenvalue weighted by molar-refractivity contribution is 5.99. The van der Waals surface area contributed by atoms with Crippen molar-refractivity contribution in [1.82, 2.24) is 25.4 Å². The molecule has 1 aromatic carbocycles. The van der Waals surface area contributed by atoms with Crippen LogP contribution in [-0.4, -0.2) is 45.2 Å². The molecule has 0 atom stereocenters. The molecule has 1 fully saturated rings. The van der Waals surface area contributed by atoms with Gasteiger partial charge in [-0.15, -0.1) is 0 Å². The third-order valence-corrected chi connectivity index (χ3v) is 3.27. The summed E-state index contributed by atoms with van der Waals surface area (Å²) in [7, 11) is 0. The Bertz CT molecular complexity index is 693. The van der Waals surface area contributed by atoms with Gasteiger partial charge in [0.15, 0.2) is 0 Å². The molecule has 0 unspecified atom stereocenters. The van der Waals surface area contributed by atoms with Crippen molar-refractivity contribution in [1.29, 1.82) is 0 Å². The lowest BCUT2D eigenvalue weighted by Crippen LogP contribution is -2.38. The number of nitrogens with zero attached hydrogens (tertiary/aromatic N) is 4. The lowest BCUT2D eigenvalue weighted by atomic mass is 10.1. The van der Waals surface area contributed by atoms with Gasteiger partial charge in [0, 0.05) is 13.1 Å². The zero-order valence-corrected chi connectivity index (χ0v) is 12.0. The van der Waals surface area contributed by atoms with Gasteiger partial charge in [-0.2, -0.15) is 15.0 Å². The average molecular weight is 301 g/mol. The van der Waals surface area contributed by atoms with Gasteiger partial charge in [0.1, 0.15) is 5.69 Å². The third kappa shape index (κ3) is 2.82. The van der Waals surface area contributed by atoms with E-state index in [1.165, 1.54) is 22.2 Å². The summed E-state index contributed by atoms with van der Waals surface area (Å²) in [5.41, 5.74) is 4.41. The van der Waals surface area contributed by atoms with E-state index in [1.807, 2.05) is 13.0 Å². The molecular weight excluding hydrogens is 286 g/mol. The third-order valence-electron chi connectivity index (χ3n) is 3.27. The minimum Gasteiger partial charge on any atom is -0.371 e. The fraction of sp³-hybridized carbons (Fsp3) is 0.286. The van der Waals surface area contributed by atoms with Gasteiger partial charge in [-0.3, -0.25) is 0 Å². The molecule has 22 heavy (non-hydrogen) atoms. The number of aromatic nitrogens is 3. The largest absolute Gasteiger partial charge is 0.432 e. The smallest absolute Gasteiger partial charge is 0.371 e. The highest BCUT2D eigenvalue weighted by atomic mass is 16.6. The minimum atomic E-state index is -0.727. The number of rotatable bonds is 2. The summed E-state index contributed by atoms with van der Waals surface area (Å²) in [4.78, 5) is 25.5. The lowest BCUT2D eigenvalue weighted by molar-refractivity contribution is 0.0526. The van der Waals surface area contributed by atoms with Crippen LogP contribution in [0.3, 0.4) is 0 Å². The molecule has 1 aliphatic heterocycles. The Hall–Kier alpha value is -2.74. The molecule has 114 valence electrons. The van der Waals surface area contributed by atoms with Crippen LogP contribution in [0.15, 0.2) is 30.6 Å². The van der Waals surface area contributed by atoms with Crippen LogP contribution in [0.1, 0.15) is 22.3 Å². The van der Waals surface area contributed by atoms with E-state index < -0.39 is 12.1 Å². The van der Waals surface area contributed by atoms with E-state index in [-0.39, 0.29) is 5.56 Å². The molecule has 0 aliphatic carbocycles. The number of benzene rings is 1. The number of aryl methyl sites for hydroxylation is 1. The molecule has 8 nitrogen and oxygen atoms in total. The first-order valence-electron chi connectivity index (χ1n) is 6.89. The molecule has 1 aromatic heterocycles. The highest BCUT2D eigenvalue weighted by Gasteiger charge is 2.24. The number of amides is 1. The van der Waals surface area contributed by atoms with Gasteiger partial charge in [-0.1, -0.05) is 11.6 Å². The van der Waals surface area contributed by atoms with Crippen LogP contribution in [0.2, 0.25) is 0 Å². The summed E-state index contributed by atoms with van der Waals surface area (Å²) in [6, 6.07) is 5.19. The van der Waals surface area contributed by atoms with Crippen molar-refractivity contribution in [2.24, 2.45) is 0 Å². The van der Waals surface area contributed by atoms with Crippen molar-refractivity contribution in [3.8, 4) is 5.69 Å². The van der Waals surface area contributed by atoms with E-state index in [0.29, 0.717) is 18.8 Å². The molecule has 0 spiro atoms. The van der Waals surface area contributed by atoms with Crippen LogP contribution in [-0.2, 0) is 4.74 Å². The summed E-state index contributed by atoms with van der Waals surface area (Å²) in [6.45, 7) is 3.06. The maximum Gasteiger partial charge on any atom is 0.432 e. The SMILES string of the molecule is Cc1ccc(-n2nccn2)c(C(=O)OC(=O)N2CCCN2)c1. The zero-order valence-electron chi connectivity index (χ0n) is 12.0. The minimum absolute atomic E-state index is 0.240. The monoisotopic (exact) mass is 301 g/mol. The van der Waals surface area contributed by atoms with Crippen molar-refractivity contribution < 1.29 is 14.3 Å². The maximum absolute atomic E-state index is 12.3. The molecule has 8 heteroatoms. The standard InChI is InChI=1S/C14H15N5O3/c1-10-3-4-12(19-16-6-7-17-19)11(9-10)13(20)22-14(21)18-8-2-5-15-18/h3-4,6-7,9,15H,2,5,8H2,1H3. The molecule has 0 bridgehead atoms. The average Bonchev–Trinajstić information content (AvgIpc) is 3.20. The molecule has 1 amide bonds. The van der Waals surface area contributed by atoms with Crippen LogP contribution in [0.5, 0.6) is 0 Å². The van der Waals surface area contributed by atoms with E-state index in [1.54, 1.807) is 12.1 Å². The molecule has 2 heterocycles. The second kappa shape index (κ2) is 5.94. The van der Waals surface area contributed by atoms with Gasteiger partial charge in [0.05, 0.1) is 18.0 Å². The number of carbonyl (C=O) groups excluding carboxylic acids is 2. The van der Waals surface area contributed by atoms with Gasteiger partial charge in [0.2, 0.25) is 0 Å². The van der Waals surface area contributed by atoms with Gasteiger partial charge in [-0.25, -0.2) is 20.0 Å². The summed E-state index contributed by atoms with van der Waals surface area (Å²) < 4.78 is 4.93. The second-order valence-electron chi connectivity index (χ2n) is 4.91. The van der Waals surface area contributed by atoms with Gasteiger partial charge < -0.3 is 4.74 Å². The molecule has 3 rings (SSSR count). The lowest BCUT2D eigenvalue weighted by Gasteiger charge is -2.15. The Kier molecular flexibility index (Phi) is 3.84. The normalized spacial score (nSPS) is 14.1. The summed E-state index contributed by atoms with van der Waals surface area (Å²) >= 11 is 0.